The van der Waals surface area contributed by atoms with E-state index in [1.807, 2.05) is 24.3 Å². The molecule has 0 amide bonds. The SMILES string of the molecule is CCOC(=O)c1[nH]c2ccccc2c1/C=N/NC(N)=S. The van der Waals surface area contributed by atoms with Gasteiger partial charge < -0.3 is 15.5 Å². The standard InChI is InChI=1S/C13H14N4O2S/c1-2-19-12(18)11-9(7-15-17-13(14)20)8-5-3-4-6-10(8)16-11/h3-7,16H,2H2,1H3,(H3,14,17,20)/b15-7+. The quantitative estimate of drug-likeness (QED) is 0.343. The van der Waals surface area contributed by atoms with E-state index in [0.29, 0.717) is 17.9 Å². The Morgan fingerprint density at radius 3 is 3.00 bits per heavy atom. The molecule has 0 saturated heterocycles. The molecular weight excluding hydrogens is 276 g/mol. The minimum absolute atomic E-state index is 0.0544. The van der Waals surface area contributed by atoms with Crippen LogP contribution in [0.25, 0.3) is 10.9 Å². The number of H-pyrrole nitrogens is 1. The fourth-order valence-corrected chi connectivity index (χ4v) is 1.88. The Balaban J connectivity index is 2.47. The molecule has 0 aliphatic rings. The molecular formula is C13H14N4O2S. The van der Waals surface area contributed by atoms with Crippen LogP contribution >= 0.6 is 12.2 Å². The van der Waals surface area contributed by atoms with Crippen LogP contribution in [0.2, 0.25) is 0 Å². The van der Waals surface area contributed by atoms with Gasteiger partial charge in [0.25, 0.3) is 0 Å². The number of hydrogen-bond donors (Lipinski definition) is 3. The van der Waals surface area contributed by atoms with Crippen molar-refractivity contribution in [3.63, 3.8) is 0 Å². The molecule has 2 rings (SSSR count). The summed E-state index contributed by atoms with van der Waals surface area (Å²) in [5.41, 5.74) is 9.56. The molecule has 1 aromatic heterocycles. The number of aromatic amines is 1. The number of hydrogen-bond acceptors (Lipinski definition) is 4. The van der Waals surface area contributed by atoms with Gasteiger partial charge in [0, 0.05) is 16.5 Å². The molecule has 2 aromatic rings. The Bertz CT molecular complexity index is 678. The number of thiocarbonyl (C=S) groups is 1. The Hall–Kier alpha value is -2.41. The molecule has 0 radical (unpaired) electrons. The number of fused-ring (bicyclic) bond motifs is 1. The van der Waals surface area contributed by atoms with Gasteiger partial charge in [-0.05, 0) is 25.2 Å². The number of rotatable bonds is 4. The van der Waals surface area contributed by atoms with Gasteiger partial charge in [0.2, 0.25) is 0 Å². The number of carbonyl (C=O) groups excluding carboxylic acids is 1. The Morgan fingerprint density at radius 1 is 1.55 bits per heavy atom. The second kappa shape index (κ2) is 6.16. The van der Waals surface area contributed by atoms with Gasteiger partial charge in [-0.15, -0.1) is 0 Å². The van der Waals surface area contributed by atoms with Crippen LogP contribution in [-0.4, -0.2) is 28.9 Å². The minimum Gasteiger partial charge on any atom is -0.461 e. The van der Waals surface area contributed by atoms with Gasteiger partial charge >= 0.3 is 5.97 Å². The molecule has 0 fully saturated rings. The molecule has 20 heavy (non-hydrogen) atoms. The number of esters is 1. The molecule has 0 spiro atoms. The zero-order valence-electron chi connectivity index (χ0n) is 10.8. The Labute approximate surface area is 121 Å². The summed E-state index contributed by atoms with van der Waals surface area (Å²) in [4.78, 5) is 15.0. The third-order valence-electron chi connectivity index (χ3n) is 2.59. The van der Waals surface area contributed by atoms with E-state index in [1.54, 1.807) is 6.92 Å². The normalized spacial score (nSPS) is 10.8. The highest BCUT2D eigenvalue weighted by atomic mass is 32.1. The van der Waals surface area contributed by atoms with Gasteiger partial charge in [-0.3, -0.25) is 5.43 Å². The van der Waals surface area contributed by atoms with E-state index < -0.39 is 5.97 Å². The molecule has 104 valence electrons. The smallest absolute Gasteiger partial charge is 0.355 e. The fourth-order valence-electron chi connectivity index (χ4n) is 1.82. The third-order valence-corrected chi connectivity index (χ3v) is 2.69. The van der Waals surface area contributed by atoms with Crippen molar-refractivity contribution in [2.75, 3.05) is 6.61 Å². The fraction of sp³-hybridized carbons (Fsp3) is 0.154. The van der Waals surface area contributed by atoms with Gasteiger partial charge in [-0.2, -0.15) is 5.10 Å². The molecule has 4 N–H and O–H groups in total. The summed E-state index contributed by atoms with van der Waals surface area (Å²) >= 11 is 4.67. The van der Waals surface area contributed by atoms with Crippen molar-refractivity contribution in [1.82, 2.24) is 10.4 Å². The topological polar surface area (TPSA) is 92.5 Å². The van der Waals surface area contributed by atoms with Gasteiger partial charge in [-0.25, -0.2) is 4.79 Å². The summed E-state index contributed by atoms with van der Waals surface area (Å²) in [5, 5.41) is 4.82. The maximum atomic E-state index is 11.9. The van der Waals surface area contributed by atoms with Crippen molar-refractivity contribution in [2.24, 2.45) is 10.8 Å². The lowest BCUT2D eigenvalue weighted by Gasteiger charge is -2.00. The molecule has 1 aromatic carbocycles. The number of aromatic nitrogens is 1. The molecule has 6 nitrogen and oxygen atoms in total. The van der Waals surface area contributed by atoms with Gasteiger partial charge in [0.15, 0.2) is 5.11 Å². The van der Waals surface area contributed by atoms with Crippen molar-refractivity contribution in [1.29, 1.82) is 0 Å². The van der Waals surface area contributed by atoms with Crippen molar-refractivity contribution in [2.45, 2.75) is 6.92 Å². The van der Waals surface area contributed by atoms with Crippen molar-refractivity contribution < 1.29 is 9.53 Å². The molecule has 0 bridgehead atoms. The van der Waals surface area contributed by atoms with E-state index in [0.717, 1.165) is 10.9 Å². The van der Waals surface area contributed by atoms with Crippen molar-refractivity contribution >= 4 is 40.4 Å². The van der Waals surface area contributed by atoms with Crippen LogP contribution in [0, 0.1) is 0 Å². The number of hydrazone groups is 1. The number of nitrogens with two attached hydrogens (primary N) is 1. The second-order valence-electron chi connectivity index (χ2n) is 3.91. The number of para-hydroxylation sites is 1. The van der Waals surface area contributed by atoms with E-state index in [4.69, 9.17) is 10.5 Å². The third kappa shape index (κ3) is 2.94. The molecule has 1 heterocycles. The lowest BCUT2D eigenvalue weighted by atomic mass is 10.1. The largest absolute Gasteiger partial charge is 0.461 e. The lowest BCUT2D eigenvalue weighted by Crippen LogP contribution is -2.24. The number of ether oxygens (including phenoxy) is 1. The van der Waals surface area contributed by atoms with E-state index in [9.17, 15) is 4.79 Å². The first-order valence-electron chi connectivity index (χ1n) is 5.99. The molecule has 0 unspecified atom stereocenters. The summed E-state index contributed by atoms with van der Waals surface area (Å²) in [7, 11) is 0. The highest BCUT2D eigenvalue weighted by Crippen LogP contribution is 2.21. The molecule has 0 aliphatic carbocycles. The second-order valence-corrected chi connectivity index (χ2v) is 4.35. The number of benzene rings is 1. The van der Waals surface area contributed by atoms with Crippen molar-refractivity contribution in [3.05, 3.63) is 35.5 Å². The van der Waals surface area contributed by atoms with Gasteiger partial charge in [-0.1, -0.05) is 18.2 Å². The average molecular weight is 290 g/mol. The predicted molar refractivity (Wildman–Crippen MR) is 81.8 cm³/mol. The van der Waals surface area contributed by atoms with Crippen LogP contribution in [0.3, 0.4) is 0 Å². The summed E-state index contributed by atoms with van der Waals surface area (Å²) < 4.78 is 5.02. The first kappa shape index (κ1) is 14.0. The minimum atomic E-state index is -0.430. The number of carbonyl (C=O) groups is 1. The monoisotopic (exact) mass is 290 g/mol. The number of nitrogens with zero attached hydrogens (tertiary/aromatic N) is 1. The van der Waals surface area contributed by atoms with Crippen LogP contribution in [0.15, 0.2) is 29.4 Å². The lowest BCUT2D eigenvalue weighted by molar-refractivity contribution is 0.0520. The first-order chi connectivity index (χ1) is 9.63. The molecule has 0 atom stereocenters. The zero-order valence-corrected chi connectivity index (χ0v) is 11.7. The maximum absolute atomic E-state index is 11.9. The molecule has 0 aliphatic heterocycles. The van der Waals surface area contributed by atoms with E-state index in [-0.39, 0.29) is 5.11 Å². The molecule has 7 heteroatoms. The van der Waals surface area contributed by atoms with Crippen molar-refractivity contribution in [3.8, 4) is 0 Å². The van der Waals surface area contributed by atoms with Crippen LogP contribution < -0.4 is 11.2 Å². The van der Waals surface area contributed by atoms with Crippen LogP contribution in [0.5, 0.6) is 0 Å². The highest BCUT2D eigenvalue weighted by Gasteiger charge is 2.17. The highest BCUT2D eigenvalue weighted by molar-refractivity contribution is 7.80. The van der Waals surface area contributed by atoms with Crippen LogP contribution in [0.4, 0.5) is 0 Å². The summed E-state index contributed by atoms with van der Waals surface area (Å²) in [6.07, 6.45) is 1.49. The van der Waals surface area contributed by atoms with Crippen LogP contribution in [0.1, 0.15) is 23.0 Å². The summed E-state index contributed by atoms with van der Waals surface area (Å²) in [6.45, 7) is 2.05. The van der Waals surface area contributed by atoms with Gasteiger partial charge in [0.1, 0.15) is 5.69 Å². The number of nitrogens with one attached hydrogen (secondary N) is 2. The first-order valence-corrected chi connectivity index (χ1v) is 6.40. The molecule has 0 saturated carbocycles. The predicted octanol–water partition coefficient (Wildman–Crippen LogP) is 1.51. The Kier molecular flexibility index (Phi) is 4.31. The summed E-state index contributed by atoms with van der Waals surface area (Å²) in [5.74, 6) is -0.430. The Morgan fingerprint density at radius 2 is 2.30 bits per heavy atom. The van der Waals surface area contributed by atoms with E-state index in [1.165, 1.54) is 6.21 Å². The average Bonchev–Trinajstić information content (AvgIpc) is 2.78. The van der Waals surface area contributed by atoms with Crippen LogP contribution in [-0.2, 0) is 4.74 Å². The zero-order chi connectivity index (χ0) is 14.5. The van der Waals surface area contributed by atoms with E-state index >= 15 is 0 Å². The maximum Gasteiger partial charge on any atom is 0.355 e. The summed E-state index contributed by atoms with van der Waals surface area (Å²) in [6, 6.07) is 7.51. The van der Waals surface area contributed by atoms with E-state index in [2.05, 4.69) is 27.7 Å². The van der Waals surface area contributed by atoms with Gasteiger partial charge in [0.05, 0.1) is 12.8 Å².